The van der Waals surface area contributed by atoms with Crippen molar-refractivity contribution in [3.63, 3.8) is 0 Å². The normalized spacial score (nSPS) is 15.6. The number of hydrazine groups is 1. The number of nitrogens with zero attached hydrogens (tertiary/aromatic N) is 2. The number of nitrogens with two attached hydrogens (primary N) is 1. The third-order valence-corrected chi connectivity index (χ3v) is 3.39. The Hall–Kier alpha value is -1.36. The standard InChI is InChI=1S/C13H22N4O/c1-9(2)13-15-11(17-14)8-12(16-13)18-7-6-10-4-3-5-10/h8-10H,3-7,14H2,1-2H3,(H,15,16,17). The van der Waals surface area contributed by atoms with E-state index >= 15 is 0 Å². The summed E-state index contributed by atoms with van der Waals surface area (Å²) in [7, 11) is 0. The summed E-state index contributed by atoms with van der Waals surface area (Å²) in [5.74, 6) is 8.48. The quantitative estimate of drug-likeness (QED) is 0.599. The highest BCUT2D eigenvalue weighted by molar-refractivity contribution is 5.37. The number of aromatic nitrogens is 2. The maximum atomic E-state index is 5.70. The molecule has 0 bridgehead atoms. The Morgan fingerprint density at radius 2 is 2.22 bits per heavy atom. The molecule has 0 spiro atoms. The van der Waals surface area contributed by atoms with E-state index in [1.165, 1.54) is 19.3 Å². The lowest BCUT2D eigenvalue weighted by Crippen LogP contribution is -2.16. The van der Waals surface area contributed by atoms with E-state index < -0.39 is 0 Å². The molecule has 1 aliphatic rings. The van der Waals surface area contributed by atoms with Gasteiger partial charge in [0, 0.05) is 12.0 Å². The summed E-state index contributed by atoms with van der Waals surface area (Å²) < 4.78 is 5.70. The van der Waals surface area contributed by atoms with Gasteiger partial charge in [0.2, 0.25) is 5.88 Å². The predicted octanol–water partition coefficient (Wildman–Crippen LogP) is 2.45. The van der Waals surface area contributed by atoms with Gasteiger partial charge >= 0.3 is 0 Å². The van der Waals surface area contributed by atoms with E-state index in [2.05, 4.69) is 15.4 Å². The minimum atomic E-state index is 0.257. The number of nitrogens with one attached hydrogen (secondary N) is 1. The van der Waals surface area contributed by atoms with Gasteiger partial charge in [-0.2, -0.15) is 4.98 Å². The van der Waals surface area contributed by atoms with Gasteiger partial charge in [-0.05, 0) is 12.3 Å². The molecule has 0 radical (unpaired) electrons. The smallest absolute Gasteiger partial charge is 0.218 e. The van der Waals surface area contributed by atoms with Crippen LogP contribution in [0.2, 0.25) is 0 Å². The van der Waals surface area contributed by atoms with Crippen molar-refractivity contribution in [3.05, 3.63) is 11.9 Å². The van der Waals surface area contributed by atoms with E-state index in [0.29, 0.717) is 11.7 Å². The number of anilines is 1. The Balaban J connectivity index is 1.94. The lowest BCUT2D eigenvalue weighted by atomic mass is 9.83. The van der Waals surface area contributed by atoms with Gasteiger partial charge in [-0.25, -0.2) is 10.8 Å². The Bertz CT molecular complexity index is 391. The van der Waals surface area contributed by atoms with Crippen LogP contribution in [0.3, 0.4) is 0 Å². The monoisotopic (exact) mass is 250 g/mol. The summed E-state index contributed by atoms with van der Waals surface area (Å²) in [6.07, 6.45) is 5.18. The lowest BCUT2D eigenvalue weighted by molar-refractivity contribution is 0.216. The van der Waals surface area contributed by atoms with E-state index in [0.717, 1.165) is 24.8 Å². The van der Waals surface area contributed by atoms with Crippen LogP contribution in [0.5, 0.6) is 5.88 Å². The van der Waals surface area contributed by atoms with E-state index in [1.807, 2.05) is 13.8 Å². The van der Waals surface area contributed by atoms with Gasteiger partial charge in [-0.1, -0.05) is 33.1 Å². The number of rotatable bonds is 6. The van der Waals surface area contributed by atoms with Crippen molar-refractivity contribution in [3.8, 4) is 5.88 Å². The Morgan fingerprint density at radius 1 is 1.44 bits per heavy atom. The van der Waals surface area contributed by atoms with Crippen LogP contribution in [0.15, 0.2) is 6.07 Å². The largest absolute Gasteiger partial charge is 0.478 e. The third kappa shape index (κ3) is 3.32. The number of hydrogen-bond donors (Lipinski definition) is 2. The van der Waals surface area contributed by atoms with Crippen molar-refractivity contribution >= 4 is 5.82 Å². The fourth-order valence-electron chi connectivity index (χ4n) is 1.96. The molecule has 5 heteroatoms. The van der Waals surface area contributed by atoms with Crippen LogP contribution in [-0.2, 0) is 0 Å². The SMILES string of the molecule is CC(C)c1nc(NN)cc(OCCC2CCC2)n1. The fraction of sp³-hybridized carbons (Fsp3) is 0.692. The van der Waals surface area contributed by atoms with Crippen molar-refractivity contribution < 1.29 is 4.74 Å². The summed E-state index contributed by atoms with van der Waals surface area (Å²) in [5, 5.41) is 0. The molecule has 1 fully saturated rings. The van der Waals surface area contributed by atoms with Gasteiger partial charge < -0.3 is 10.2 Å². The highest BCUT2D eigenvalue weighted by Gasteiger charge is 2.17. The van der Waals surface area contributed by atoms with E-state index in [9.17, 15) is 0 Å². The molecule has 1 saturated carbocycles. The maximum absolute atomic E-state index is 5.70. The molecule has 5 nitrogen and oxygen atoms in total. The third-order valence-electron chi connectivity index (χ3n) is 3.39. The first-order chi connectivity index (χ1) is 8.69. The Kier molecular flexibility index (Phi) is 4.36. The topological polar surface area (TPSA) is 73.1 Å². The Morgan fingerprint density at radius 3 is 2.78 bits per heavy atom. The fourth-order valence-corrected chi connectivity index (χ4v) is 1.96. The van der Waals surface area contributed by atoms with E-state index in [4.69, 9.17) is 10.6 Å². The number of ether oxygens (including phenoxy) is 1. The second-order valence-corrected chi connectivity index (χ2v) is 5.18. The second kappa shape index (κ2) is 6.00. The summed E-state index contributed by atoms with van der Waals surface area (Å²) >= 11 is 0. The molecule has 0 saturated heterocycles. The minimum absolute atomic E-state index is 0.257. The van der Waals surface area contributed by atoms with Gasteiger partial charge in [-0.15, -0.1) is 0 Å². The van der Waals surface area contributed by atoms with E-state index in [1.54, 1.807) is 6.07 Å². The van der Waals surface area contributed by atoms with Gasteiger partial charge in [-0.3, -0.25) is 0 Å². The van der Waals surface area contributed by atoms with Crippen LogP contribution in [0.25, 0.3) is 0 Å². The zero-order valence-corrected chi connectivity index (χ0v) is 11.1. The zero-order chi connectivity index (χ0) is 13.0. The molecule has 3 N–H and O–H groups in total. The van der Waals surface area contributed by atoms with Crippen LogP contribution in [0.4, 0.5) is 5.82 Å². The molecule has 18 heavy (non-hydrogen) atoms. The van der Waals surface area contributed by atoms with Crippen molar-refractivity contribution in [1.82, 2.24) is 9.97 Å². The van der Waals surface area contributed by atoms with Gasteiger partial charge in [0.15, 0.2) is 0 Å². The molecule has 0 aliphatic heterocycles. The highest BCUT2D eigenvalue weighted by Crippen LogP contribution is 2.29. The molecule has 0 aromatic carbocycles. The average molecular weight is 250 g/mol. The number of nitrogen functional groups attached to an aromatic ring is 1. The molecular weight excluding hydrogens is 228 g/mol. The molecule has 1 aliphatic carbocycles. The molecule has 100 valence electrons. The zero-order valence-electron chi connectivity index (χ0n) is 11.1. The Labute approximate surface area is 108 Å². The molecule has 1 aromatic heterocycles. The minimum Gasteiger partial charge on any atom is -0.478 e. The van der Waals surface area contributed by atoms with Crippen LogP contribution in [0.1, 0.15) is 51.3 Å². The first kappa shape index (κ1) is 13.1. The molecule has 0 amide bonds. The van der Waals surface area contributed by atoms with Crippen LogP contribution in [-0.4, -0.2) is 16.6 Å². The van der Waals surface area contributed by atoms with E-state index in [-0.39, 0.29) is 5.92 Å². The van der Waals surface area contributed by atoms with Crippen LogP contribution in [0, 0.1) is 5.92 Å². The summed E-state index contributed by atoms with van der Waals surface area (Å²) in [6, 6.07) is 1.74. The summed E-state index contributed by atoms with van der Waals surface area (Å²) in [5.41, 5.74) is 2.55. The average Bonchev–Trinajstić information content (AvgIpc) is 2.31. The van der Waals surface area contributed by atoms with Crippen LogP contribution >= 0.6 is 0 Å². The molecule has 2 rings (SSSR count). The van der Waals surface area contributed by atoms with Gasteiger partial charge in [0.1, 0.15) is 11.6 Å². The maximum Gasteiger partial charge on any atom is 0.218 e. The first-order valence-corrected chi connectivity index (χ1v) is 6.67. The highest BCUT2D eigenvalue weighted by atomic mass is 16.5. The molecule has 0 unspecified atom stereocenters. The van der Waals surface area contributed by atoms with Crippen LogP contribution < -0.4 is 16.0 Å². The molecular formula is C13H22N4O. The van der Waals surface area contributed by atoms with Crippen molar-refractivity contribution in [2.24, 2.45) is 11.8 Å². The predicted molar refractivity (Wildman–Crippen MR) is 71.4 cm³/mol. The summed E-state index contributed by atoms with van der Waals surface area (Å²) in [6.45, 7) is 4.82. The first-order valence-electron chi connectivity index (χ1n) is 6.67. The van der Waals surface area contributed by atoms with Crippen molar-refractivity contribution in [2.45, 2.75) is 45.4 Å². The second-order valence-electron chi connectivity index (χ2n) is 5.18. The number of hydrogen-bond acceptors (Lipinski definition) is 5. The van der Waals surface area contributed by atoms with Gasteiger partial charge in [0.25, 0.3) is 0 Å². The van der Waals surface area contributed by atoms with Crippen molar-refractivity contribution in [1.29, 1.82) is 0 Å². The molecule has 1 heterocycles. The molecule has 0 atom stereocenters. The van der Waals surface area contributed by atoms with Gasteiger partial charge in [0.05, 0.1) is 6.61 Å². The molecule has 1 aromatic rings. The lowest BCUT2D eigenvalue weighted by Gasteiger charge is -2.24. The summed E-state index contributed by atoms with van der Waals surface area (Å²) in [4.78, 5) is 8.69. The van der Waals surface area contributed by atoms with Crippen molar-refractivity contribution in [2.75, 3.05) is 12.0 Å².